The highest BCUT2D eigenvalue weighted by molar-refractivity contribution is 7.91. The molecule has 0 radical (unpaired) electrons. The number of benzene rings is 1. The molecule has 1 N–H and O–H groups in total. The second-order valence-corrected chi connectivity index (χ2v) is 9.02. The lowest BCUT2D eigenvalue weighted by Gasteiger charge is -2.22. The highest BCUT2D eigenvalue weighted by atomic mass is 35.5. The fourth-order valence-corrected chi connectivity index (χ4v) is 5.86. The number of amides is 1. The molecule has 0 unspecified atom stereocenters. The number of carbonyl (C=O) groups excluding carboxylic acids is 1. The largest absolute Gasteiger partial charge is 0.325 e. The van der Waals surface area contributed by atoms with Crippen LogP contribution in [-0.2, 0) is 14.8 Å². The molecule has 23 heavy (non-hydrogen) atoms. The molecule has 1 atom stereocenters. The SMILES string of the molecule is O=C(Nc1ccccc1)[C@H]1CCCN1S(=O)(=O)c1ccc(Cl)s1. The van der Waals surface area contributed by atoms with E-state index in [0.29, 0.717) is 29.4 Å². The number of hydrogen-bond donors (Lipinski definition) is 1. The van der Waals surface area contributed by atoms with Crippen LogP contribution in [0.5, 0.6) is 0 Å². The van der Waals surface area contributed by atoms with E-state index in [1.54, 1.807) is 18.2 Å². The van der Waals surface area contributed by atoms with E-state index < -0.39 is 16.1 Å². The Morgan fingerprint density at radius 1 is 1.22 bits per heavy atom. The summed E-state index contributed by atoms with van der Waals surface area (Å²) in [5.74, 6) is -0.306. The standard InChI is InChI=1S/C15H15ClN2O3S2/c16-13-8-9-14(22-13)23(20,21)18-10-4-7-12(18)15(19)17-11-5-2-1-3-6-11/h1-3,5-6,8-9,12H,4,7,10H2,(H,17,19)/t12-/m1/s1. The second kappa shape index (κ2) is 6.60. The summed E-state index contributed by atoms with van der Waals surface area (Å²) < 4.78 is 27.3. The molecule has 1 aliphatic heterocycles. The summed E-state index contributed by atoms with van der Waals surface area (Å²) in [5.41, 5.74) is 0.654. The number of nitrogens with one attached hydrogen (secondary N) is 1. The predicted octanol–water partition coefficient (Wildman–Crippen LogP) is 3.19. The van der Waals surface area contributed by atoms with E-state index in [1.807, 2.05) is 18.2 Å². The molecule has 1 aromatic heterocycles. The summed E-state index contributed by atoms with van der Waals surface area (Å²) in [6, 6.07) is 11.3. The molecule has 3 rings (SSSR count). The number of halogens is 1. The quantitative estimate of drug-likeness (QED) is 0.898. The van der Waals surface area contributed by atoms with E-state index in [2.05, 4.69) is 5.32 Å². The van der Waals surface area contributed by atoms with Gasteiger partial charge in [-0.15, -0.1) is 11.3 Å². The van der Waals surface area contributed by atoms with E-state index >= 15 is 0 Å². The number of sulfonamides is 1. The maximum atomic E-state index is 12.7. The van der Waals surface area contributed by atoms with E-state index in [1.165, 1.54) is 10.4 Å². The average molecular weight is 371 g/mol. The van der Waals surface area contributed by atoms with Gasteiger partial charge in [0.2, 0.25) is 5.91 Å². The smallest absolute Gasteiger partial charge is 0.253 e. The van der Waals surface area contributed by atoms with Gasteiger partial charge in [-0.2, -0.15) is 4.31 Å². The molecule has 0 spiro atoms. The minimum absolute atomic E-state index is 0.168. The van der Waals surface area contributed by atoms with Crippen LogP contribution in [0.2, 0.25) is 4.34 Å². The zero-order valence-electron chi connectivity index (χ0n) is 12.1. The van der Waals surface area contributed by atoms with E-state index in [4.69, 9.17) is 11.6 Å². The lowest BCUT2D eigenvalue weighted by molar-refractivity contribution is -0.119. The maximum Gasteiger partial charge on any atom is 0.253 e. The van der Waals surface area contributed by atoms with Crippen molar-refractivity contribution in [2.24, 2.45) is 0 Å². The number of anilines is 1. The first-order valence-corrected chi connectivity index (χ1v) is 9.75. The molecular formula is C15H15ClN2O3S2. The maximum absolute atomic E-state index is 12.7. The van der Waals surface area contributed by atoms with Crippen LogP contribution in [0.3, 0.4) is 0 Å². The van der Waals surface area contributed by atoms with Gasteiger partial charge in [-0.1, -0.05) is 29.8 Å². The van der Waals surface area contributed by atoms with E-state index in [-0.39, 0.29) is 10.1 Å². The summed E-state index contributed by atoms with van der Waals surface area (Å²) in [5, 5.41) is 2.77. The predicted molar refractivity (Wildman–Crippen MR) is 91.3 cm³/mol. The lowest BCUT2D eigenvalue weighted by Crippen LogP contribution is -2.42. The first-order valence-electron chi connectivity index (χ1n) is 7.11. The van der Waals surface area contributed by atoms with Gasteiger partial charge >= 0.3 is 0 Å². The van der Waals surface area contributed by atoms with Gasteiger partial charge < -0.3 is 5.32 Å². The minimum Gasteiger partial charge on any atom is -0.325 e. The number of nitrogens with zero attached hydrogens (tertiary/aromatic N) is 1. The first kappa shape index (κ1) is 16.4. The van der Waals surface area contributed by atoms with Gasteiger partial charge in [0.25, 0.3) is 10.0 Å². The summed E-state index contributed by atoms with van der Waals surface area (Å²) in [4.78, 5) is 12.5. The molecule has 1 fully saturated rings. The molecule has 2 heterocycles. The van der Waals surface area contributed by atoms with Crippen LogP contribution in [-0.4, -0.2) is 31.2 Å². The Hall–Kier alpha value is -1.41. The Labute approximate surface area is 143 Å². The zero-order chi connectivity index (χ0) is 16.4. The molecular weight excluding hydrogens is 356 g/mol. The van der Waals surface area contributed by atoms with Gasteiger partial charge in [0, 0.05) is 12.2 Å². The Kier molecular flexibility index (Phi) is 4.72. The molecule has 5 nitrogen and oxygen atoms in total. The number of hydrogen-bond acceptors (Lipinski definition) is 4. The van der Waals surface area contributed by atoms with Crippen LogP contribution < -0.4 is 5.32 Å². The number of thiophene rings is 1. The Balaban J connectivity index is 1.81. The van der Waals surface area contributed by atoms with Gasteiger partial charge in [-0.05, 0) is 37.1 Å². The average Bonchev–Trinajstić information content (AvgIpc) is 3.17. The number of para-hydroxylation sites is 1. The highest BCUT2D eigenvalue weighted by Crippen LogP contribution is 2.32. The van der Waals surface area contributed by atoms with E-state index in [0.717, 1.165) is 11.3 Å². The third kappa shape index (κ3) is 3.42. The third-order valence-corrected chi connectivity index (χ3v) is 7.27. The van der Waals surface area contributed by atoms with Crippen LogP contribution >= 0.6 is 22.9 Å². The molecule has 1 aliphatic rings. The van der Waals surface area contributed by atoms with Gasteiger partial charge in [-0.25, -0.2) is 8.42 Å². The van der Waals surface area contributed by atoms with Crippen molar-refractivity contribution in [3.63, 3.8) is 0 Å². The summed E-state index contributed by atoms with van der Waals surface area (Å²) in [6.07, 6.45) is 1.17. The molecule has 0 bridgehead atoms. The molecule has 0 saturated carbocycles. The van der Waals surface area contributed by atoms with Crippen molar-refractivity contribution >= 4 is 44.6 Å². The monoisotopic (exact) mass is 370 g/mol. The fraction of sp³-hybridized carbons (Fsp3) is 0.267. The van der Waals surface area contributed by atoms with Crippen molar-refractivity contribution < 1.29 is 13.2 Å². The highest BCUT2D eigenvalue weighted by Gasteiger charge is 2.40. The van der Waals surface area contributed by atoms with Crippen LogP contribution in [0.1, 0.15) is 12.8 Å². The van der Waals surface area contributed by atoms with Crippen molar-refractivity contribution in [2.45, 2.75) is 23.1 Å². The Bertz CT molecular complexity index is 805. The van der Waals surface area contributed by atoms with Gasteiger partial charge in [0.05, 0.1) is 4.34 Å². The summed E-state index contributed by atoms with van der Waals surface area (Å²) in [6.45, 7) is 0.338. The van der Waals surface area contributed by atoms with Crippen molar-refractivity contribution in [3.8, 4) is 0 Å². The lowest BCUT2D eigenvalue weighted by atomic mass is 10.2. The van der Waals surface area contributed by atoms with Crippen LogP contribution in [0.15, 0.2) is 46.7 Å². The van der Waals surface area contributed by atoms with Crippen LogP contribution in [0.25, 0.3) is 0 Å². The number of rotatable bonds is 4. The summed E-state index contributed by atoms with van der Waals surface area (Å²) in [7, 11) is -3.70. The Morgan fingerprint density at radius 2 is 1.96 bits per heavy atom. The number of carbonyl (C=O) groups is 1. The molecule has 8 heteroatoms. The van der Waals surface area contributed by atoms with Gasteiger partial charge in [-0.3, -0.25) is 4.79 Å². The third-order valence-electron chi connectivity index (χ3n) is 3.66. The fourth-order valence-electron chi connectivity index (χ4n) is 2.59. The van der Waals surface area contributed by atoms with Crippen LogP contribution in [0, 0.1) is 0 Å². The van der Waals surface area contributed by atoms with Crippen LogP contribution in [0.4, 0.5) is 5.69 Å². The molecule has 0 aliphatic carbocycles. The molecule has 2 aromatic rings. The first-order chi connectivity index (χ1) is 11.0. The van der Waals surface area contributed by atoms with Gasteiger partial charge in [0.15, 0.2) is 0 Å². The minimum atomic E-state index is -3.70. The topological polar surface area (TPSA) is 66.5 Å². The Morgan fingerprint density at radius 3 is 2.61 bits per heavy atom. The van der Waals surface area contributed by atoms with Gasteiger partial charge in [0.1, 0.15) is 10.3 Å². The molecule has 1 amide bonds. The second-order valence-electron chi connectivity index (χ2n) is 5.19. The van der Waals surface area contributed by atoms with Crippen molar-refractivity contribution in [3.05, 3.63) is 46.8 Å². The van der Waals surface area contributed by atoms with E-state index in [9.17, 15) is 13.2 Å². The van der Waals surface area contributed by atoms with Crippen molar-refractivity contribution in [1.82, 2.24) is 4.31 Å². The van der Waals surface area contributed by atoms with Crippen molar-refractivity contribution in [2.75, 3.05) is 11.9 Å². The zero-order valence-corrected chi connectivity index (χ0v) is 14.5. The van der Waals surface area contributed by atoms with Crippen molar-refractivity contribution in [1.29, 1.82) is 0 Å². The normalized spacial score (nSPS) is 18.9. The molecule has 1 saturated heterocycles. The molecule has 122 valence electrons. The molecule has 1 aromatic carbocycles. The summed E-state index contributed by atoms with van der Waals surface area (Å²) >= 11 is 6.84.